The highest BCUT2D eigenvalue weighted by atomic mass is 35.5. The van der Waals surface area contributed by atoms with Crippen molar-refractivity contribution in [3.8, 4) is 11.5 Å². The molecular weight excluding hydrogens is 416 g/mol. The fourth-order valence-corrected chi connectivity index (χ4v) is 3.69. The zero-order valence-corrected chi connectivity index (χ0v) is 18.8. The van der Waals surface area contributed by atoms with Crippen LogP contribution in [0.2, 0.25) is 5.02 Å². The molecule has 2 aromatic carbocycles. The molecule has 0 atom stereocenters. The quantitative estimate of drug-likeness (QED) is 0.594. The smallest absolute Gasteiger partial charge is 0.244 e. The minimum atomic E-state index is -0.176. The van der Waals surface area contributed by atoms with E-state index in [1.807, 2.05) is 19.1 Å². The van der Waals surface area contributed by atoms with Crippen LogP contribution < -0.4 is 14.8 Å². The summed E-state index contributed by atoms with van der Waals surface area (Å²) in [5.74, 6) is 0.863. The van der Waals surface area contributed by atoms with Crippen LogP contribution in [0.25, 0.3) is 6.08 Å². The molecule has 7 heteroatoms. The zero-order valence-electron chi connectivity index (χ0n) is 18.0. The maximum absolute atomic E-state index is 12.4. The molecule has 0 spiro atoms. The maximum atomic E-state index is 12.4. The number of carbonyl (C=O) groups is 1. The molecule has 1 fully saturated rings. The van der Waals surface area contributed by atoms with E-state index in [4.69, 9.17) is 25.8 Å². The molecule has 1 aliphatic rings. The summed E-state index contributed by atoms with van der Waals surface area (Å²) < 4.78 is 16.3. The van der Waals surface area contributed by atoms with Crippen molar-refractivity contribution in [3.63, 3.8) is 0 Å². The van der Waals surface area contributed by atoms with Gasteiger partial charge in [-0.1, -0.05) is 35.9 Å². The largest absolute Gasteiger partial charge is 0.493 e. The second-order valence-corrected chi connectivity index (χ2v) is 7.58. The third-order valence-electron chi connectivity index (χ3n) is 5.04. The number of hydrogen-bond acceptors (Lipinski definition) is 5. The Morgan fingerprint density at radius 1 is 1.23 bits per heavy atom. The Bertz CT molecular complexity index is 910. The van der Waals surface area contributed by atoms with Crippen molar-refractivity contribution in [3.05, 3.63) is 64.2 Å². The molecule has 0 bridgehead atoms. The van der Waals surface area contributed by atoms with Crippen LogP contribution in [0.15, 0.2) is 42.5 Å². The molecule has 3 rings (SSSR count). The highest BCUT2D eigenvalue weighted by Crippen LogP contribution is 2.36. The summed E-state index contributed by atoms with van der Waals surface area (Å²) in [6, 6.07) is 11.7. The average Bonchev–Trinajstić information content (AvgIpc) is 2.79. The lowest BCUT2D eigenvalue weighted by Gasteiger charge is -2.27. The molecule has 1 amide bonds. The van der Waals surface area contributed by atoms with E-state index < -0.39 is 0 Å². The van der Waals surface area contributed by atoms with E-state index in [1.165, 1.54) is 11.6 Å². The Kier molecular flexibility index (Phi) is 8.76. The van der Waals surface area contributed by atoms with Gasteiger partial charge in [-0.05, 0) is 41.8 Å². The van der Waals surface area contributed by atoms with Gasteiger partial charge in [0.15, 0.2) is 11.5 Å². The van der Waals surface area contributed by atoms with Crippen molar-refractivity contribution in [2.45, 2.75) is 20.0 Å². The molecule has 0 aromatic heterocycles. The lowest BCUT2D eigenvalue weighted by molar-refractivity contribution is -0.116. The first kappa shape index (κ1) is 23.1. The minimum absolute atomic E-state index is 0.176. The van der Waals surface area contributed by atoms with Crippen LogP contribution in [0.5, 0.6) is 11.5 Å². The van der Waals surface area contributed by atoms with Gasteiger partial charge in [-0.25, -0.2) is 0 Å². The van der Waals surface area contributed by atoms with Crippen molar-refractivity contribution >= 4 is 23.6 Å². The van der Waals surface area contributed by atoms with Crippen LogP contribution >= 0.6 is 11.6 Å². The molecule has 0 aliphatic carbocycles. The van der Waals surface area contributed by atoms with Gasteiger partial charge in [0.2, 0.25) is 5.91 Å². The highest BCUT2D eigenvalue weighted by Gasteiger charge is 2.13. The van der Waals surface area contributed by atoms with Gasteiger partial charge in [0.25, 0.3) is 0 Å². The van der Waals surface area contributed by atoms with Gasteiger partial charge in [-0.3, -0.25) is 9.69 Å². The lowest BCUT2D eigenvalue weighted by Crippen LogP contribution is -2.36. The Morgan fingerprint density at radius 2 is 1.97 bits per heavy atom. The van der Waals surface area contributed by atoms with Crippen molar-refractivity contribution in [1.29, 1.82) is 0 Å². The van der Waals surface area contributed by atoms with Crippen molar-refractivity contribution < 1.29 is 19.0 Å². The molecule has 1 aliphatic heterocycles. The monoisotopic (exact) mass is 444 g/mol. The third-order valence-corrected chi connectivity index (χ3v) is 5.32. The fraction of sp³-hybridized carbons (Fsp3) is 0.375. The van der Waals surface area contributed by atoms with Gasteiger partial charge in [0.1, 0.15) is 0 Å². The summed E-state index contributed by atoms with van der Waals surface area (Å²) in [5.41, 5.74) is 3.09. The number of nitrogens with zero attached hydrogens (tertiary/aromatic N) is 1. The number of benzene rings is 2. The molecule has 6 nitrogen and oxygen atoms in total. The number of hydrogen-bond donors (Lipinski definition) is 1. The van der Waals surface area contributed by atoms with E-state index in [0.29, 0.717) is 29.7 Å². The van der Waals surface area contributed by atoms with Crippen LogP contribution in [0.1, 0.15) is 23.6 Å². The summed E-state index contributed by atoms with van der Waals surface area (Å²) >= 11 is 6.29. The average molecular weight is 445 g/mol. The molecule has 0 unspecified atom stereocenters. The van der Waals surface area contributed by atoms with Gasteiger partial charge in [-0.15, -0.1) is 0 Å². The number of halogens is 1. The van der Waals surface area contributed by atoms with E-state index in [1.54, 1.807) is 25.3 Å². The molecule has 2 aromatic rings. The van der Waals surface area contributed by atoms with Crippen LogP contribution in [-0.4, -0.2) is 50.8 Å². The topological polar surface area (TPSA) is 60.0 Å². The number of rotatable bonds is 9. The van der Waals surface area contributed by atoms with E-state index in [-0.39, 0.29) is 5.91 Å². The molecular formula is C24H29ClN2O4. The van der Waals surface area contributed by atoms with Crippen LogP contribution in [0.4, 0.5) is 0 Å². The van der Waals surface area contributed by atoms with Gasteiger partial charge in [0, 0.05) is 32.3 Å². The summed E-state index contributed by atoms with van der Waals surface area (Å²) in [5, 5.41) is 3.41. The first-order valence-corrected chi connectivity index (χ1v) is 10.8. The normalized spacial score (nSPS) is 14.5. The Balaban J connectivity index is 1.60. The van der Waals surface area contributed by atoms with Crippen LogP contribution in [0.3, 0.4) is 0 Å². The number of methoxy groups -OCH3 is 1. The standard InChI is InChI=1S/C24H29ClN2O4/c1-3-31-24-21(25)14-18(15-22(24)29-2)8-9-23(28)26-16-19-6-4-5-7-20(19)17-27-10-12-30-13-11-27/h4-9,14-15H,3,10-13,16-17H2,1-2H3,(H,26,28)/b9-8+. The molecule has 0 saturated carbocycles. The van der Waals surface area contributed by atoms with E-state index >= 15 is 0 Å². The zero-order chi connectivity index (χ0) is 22.1. The second-order valence-electron chi connectivity index (χ2n) is 7.18. The van der Waals surface area contributed by atoms with Gasteiger partial charge >= 0.3 is 0 Å². The van der Waals surface area contributed by atoms with Crippen LogP contribution in [-0.2, 0) is 22.6 Å². The molecule has 31 heavy (non-hydrogen) atoms. The number of nitrogens with one attached hydrogen (secondary N) is 1. The summed E-state index contributed by atoms with van der Waals surface area (Å²) in [4.78, 5) is 14.8. The Morgan fingerprint density at radius 3 is 2.68 bits per heavy atom. The predicted molar refractivity (Wildman–Crippen MR) is 123 cm³/mol. The minimum Gasteiger partial charge on any atom is -0.493 e. The van der Waals surface area contributed by atoms with Crippen molar-refractivity contribution in [2.24, 2.45) is 0 Å². The van der Waals surface area contributed by atoms with Gasteiger partial charge in [-0.2, -0.15) is 0 Å². The molecule has 1 heterocycles. The molecule has 0 radical (unpaired) electrons. The summed E-state index contributed by atoms with van der Waals surface area (Å²) in [7, 11) is 1.56. The fourth-order valence-electron chi connectivity index (χ4n) is 3.42. The van der Waals surface area contributed by atoms with E-state index in [2.05, 4.69) is 22.3 Å². The Labute approximate surface area is 188 Å². The molecule has 1 saturated heterocycles. The lowest BCUT2D eigenvalue weighted by atomic mass is 10.1. The first-order valence-electron chi connectivity index (χ1n) is 10.4. The predicted octanol–water partition coefficient (Wildman–Crippen LogP) is 3.91. The van der Waals surface area contributed by atoms with Gasteiger partial charge in [0.05, 0.1) is 32.0 Å². The second kappa shape index (κ2) is 11.7. The van der Waals surface area contributed by atoms with Crippen molar-refractivity contribution in [1.82, 2.24) is 10.2 Å². The Hall–Kier alpha value is -2.54. The maximum Gasteiger partial charge on any atom is 0.244 e. The number of carbonyl (C=O) groups excluding carboxylic acids is 1. The number of amides is 1. The highest BCUT2D eigenvalue weighted by molar-refractivity contribution is 6.32. The van der Waals surface area contributed by atoms with Crippen molar-refractivity contribution in [2.75, 3.05) is 40.0 Å². The number of morpholine rings is 1. The van der Waals surface area contributed by atoms with E-state index in [0.717, 1.165) is 44.0 Å². The molecule has 166 valence electrons. The summed E-state index contributed by atoms with van der Waals surface area (Å²) in [6.45, 7) is 7.09. The SMILES string of the molecule is CCOc1c(Cl)cc(/C=C/C(=O)NCc2ccccc2CN2CCOCC2)cc1OC. The number of ether oxygens (including phenoxy) is 3. The molecule has 1 N–H and O–H groups in total. The van der Waals surface area contributed by atoms with Crippen LogP contribution in [0, 0.1) is 0 Å². The third kappa shape index (κ3) is 6.72. The van der Waals surface area contributed by atoms with Gasteiger partial charge < -0.3 is 19.5 Å². The summed E-state index contributed by atoms with van der Waals surface area (Å²) in [6.07, 6.45) is 3.20. The first-order chi connectivity index (χ1) is 15.1. The van der Waals surface area contributed by atoms with E-state index in [9.17, 15) is 4.79 Å².